The molecule has 2 aliphatic carbocycles. The summed E-state index contributed by atoms with van der Waals surface area (Å²) < 4.78 is 1.41. The number of carbonyl (C=O) groups is 1. The molecule has 162 valence electrons. The first-order valence-corrected chi connectivity index (χ1v) is 10.4. The Morgan fingerprint density at radius 1 is 1.23 bits per heavy atom. The van der Waals surface area contributed by atoms with Crippen molar-refractivity contribution in [1.29, 1.82) is 0 Å². The van der Waals surface area contributed by atoms with Crippen molar-refractivity contribution in [3.05, 3.63) is 45.7 Å². The van der Waals surface area contributed by atoms with Gasteiger partial charge in [-0.05, 0) is 43.2 Å². The van der Waals surface area contributed by atoms with E-state index >= 15 is 0 Å². The molecule has 2 spiro atoms. The number of carbonyl (C=O) groups excluding carboxylic acids is 1. The molecular formula is C20H21Cl2N7O2. The summed E-state index contributed by atoms with van der Waals surface area (Å²) in [6, 6.07) is 3.31. The van der Waals surface area contributed by atoms with E-state index in [4.69, 9.17) is 11.6 Å². The fourth-order valence-corrected chi connectivity index (χ4v) is 5.61. The monoisotopic (exact) mass is 461 g/mol. The molecule has 0 saturated heterocycles. The first-order valence-electron chi connectivity index (χ1n) is 9.99. The average Bonchev–Trinajstić information content (AvgIpc) is 3.14. The van der Waals surface area contributed by atoms with Crippen molar-refractivity contribution in [1.82, 2.24) is 24.9 Å². The zero-order chi connectivity index (χ0) is 20.7. The third-order valence-corrected chi connectivity index (χ3v) is 7.26. The molecule has 11 heteroatoms. The van der Waals surface area contributed by atoms with Gasteiger partial charge < -0.3 is 15.6 Å². The normalized spacial score (nSPS) is 19.9. The lowest BCUT2D eigenvalue weighted by molar-refractivity contribution is -0.0703. The molecular weight excluding hydrogens is 441 g/mol. The standard InChI is InChI=1S/C20H20ClN7O2.ClH/c1-27-20(8-19(9-20)4-2-5-19)26-17(29)14-12(21)7-13(18(30)28(14)27)25-16-11-3-6-22-15(11)23-10-24-16;/h3,6-7,10H,2,4-5,8-9H2,1H3,(H,26,29)(H2,22,23,24,25);1H. The van der Waals surface area contributed by atoms with Crippen molar-refractivity contribution < 1.29 is 4.79 Å². The van der Waals surface area contributed by atoms with Crippen LogP contribution in [0.15, 0.2) is 29.5 Å². The van der Waals surface area contributed by atoms with Crippen molar-refractivity contribution in [3.8, 4) is 0 Å². The van der Waals surface area contributed by atoms with E-state index in [0.29, 0.717) is 16.9 Å². The first-order chi connectivity index (χ1) is 14.4. The number of aromatic nitrogens is 4. The van der Waals surface area contributed by atoms with Gasteiger partial charge in [-0.25, -0.2) is 14.6 Å². The molecule has 6 rings (SSSR count). The molecule has 31 heavy (non-hydrogen) atoms. The lowest BCUT2D eigenvalue weighted by Gasteiger charge is -2.65. The minimum atomic E-state index is -0.543. The van der Waals surface area contributed by atoms with Gasteiger partial charge in [0.1, 0.15) is 34.8 Å². The van der Waals surface area contributed by atoms with E-state index in [1.54, 1.807) is 6.20 Å². The highest BCUT2D eigenvalue weighted by atomic mass is 35.5. The molecule has 0 unspecified atom stereocenters. The van der Waals surface area contributed by atoms with Crippen LogP contribution in [0.1, 0.15) is 42.6 Å². The van der Waals surface area contributed by atoms with Crippen LogP contribution >= 0.6 is 24.0 Å². The van der Waals surface area contributed by atoms with Crippen molar-refractivity contribution in [3.63, 3.8) is 0 Å². The third-order valence-electron chi connectivity index (χ3n) is 6.97. The SMILES string of the molecule is CN1n2c(c(Cl)cc(Nc3ncnc4[nH]ccc34)c2=O)C(=O)NC12CC1(CCC1)C2.Cl. The highest BCUT2D eigenvalue weighted by Crippen LogP contribution is 2.61. The minimum Gasteiger partial charge on any atom is -0.346 e. The predicted molar refractivity (Wildman–Crippen MR) is 120 cm³/mol. The number of fused-ring (bicyclic) bond motifs is 2. The second-order valence-corrected chi connectivity index (χ2v) is 9.08. The van der Waals surface area contributed by atoms with Gasteiger partial charge in [0.05, 0.1) is 10.4 Å². The molecule has 2 saturated carbocycles. The third kappa shape index (κ3) is 2.69. The van der Waals surface area contributed by atoms with Gasteiger partial charge in [-0.15, -0.1) is 12.4 Å². The van der Waals surface area contributed by atoms with Crippen LogP contribution in [0.3, 0.4) is 0 Å². The molecule has 2 fully saturated rings. The number of amides is 1. The van der Waals surface area contributed by atoms with Crippen LogP contribution in [0.5, 0.6) is 0 Å². The van der Waals surface area contributed by atoms with E-state index in [0.717, 1.165) is 18.2 Å². The van der Waals surface area contributed by atoms with Crippen LogP contribution in [-0.4, -0.2) is 38.2 Å². The number of hydrogen-bond acceptors (Lipinski definition) is 6. The molecule has 0 aromatic carbocycles. The summed E-state index contributed by atoms with van der Waals surface area (Å²) in [7, 11) is 1.84. The topological polar surface area (TPSA) is 108 Å². The number of nitrogens with one attached hydrogen (secondary N) is 3. The lowest BCUT2D eigenvalue weighted by Crippen LogP contribution is -2.77. The van der Waals surface area contributed by atoms with E-state index in [9.17, 15) is 9.59 Å². The molecule has 1 amide bonds. The van der Waals surface area contributed by atoms with E-state index in [2.05, 4.69) is 25.6 Å². The molecule has 3 N–H and O–H groups in total. The van der Waals surface area contributed by atoms with Crippen LogP contribution in [-0.2, 0) is 0 Å². The Kier molecular flexibility index (Phi) is 4.29. The summed E-state index contributed by atoms with van der Waals surface area (Å²) in [6.07, 6.45) is 8.47. The Labute approximate surface area is 188 Å². The number of halogens is 2. The quantitative estimate of drug-likeness (QED) is 0.541. The fraction of sp³-hybridized carbons (Fsp3) is 0.400. The second-order valence-electron chi connectivity index (χ2n) is 8.68. The maximum Gasteiger partial charge on any atom is 0.293 e. The summed E-state index contributed by atoms with van der Waals surface area (Å²) in [6.45, 7) is 0. The summed E-state index contributed by atoms with van der Waals surface area (Å²) in [4.78, 5) is 37.8. The summed E-state index contributed by atoms with van der Waals surface area (Å²) in [5.74, 6) is 0.177. The molecule has 0 radical (unpaired) electrons. The van der Waals surface area contributed by atoms with Crippen LogP contribution in [0.4, 0.5) is 11.5 Å². The van der Waals surface area contributed by atoms with Gasteiger partial charge in [-0.1, -0.05) is 18.0 Å². The maximum atomic E-state index is 13.4. The van der Waals surface area contributed by atoms with Crippen molar-refractivity contribution >= 4 is 52.5 Å². The zero-order valence-corrected chi connectivity index (χ0v) is 18.3. The first kappa shape index (κ1) is 20.1. The van der Waals surface area contributed by atoms with Gasteiger partial charge in [0, 0.05) is 13.2 Å². The number of hydrogen-bond donors (Lipinski definition) is 3. The number of aromatic amines is 1. The van der Waals surface area contributed by atoms with Gasteiger partial charge in [0.2, 0.25) is 0 Å². The lowest BCUT2D eigenvalue weighted by atomic mass is 9.51. The van der Waals surface area contributed by atoms with Crippen LogP contribution in [0.2, 0.25) is 5.02 Å². The van der Waals surface area contributed by atoms with Crippen molar-refractivity contribution in [2.75, 3.05) is 17.4 Å². The predicted octanol–water partition coefficient (Wildman–Crippen LogP) is 2.91. The van der Waals surface area contributed by atoms with E-state index in [-0.39, 0.29) is 40.3 Å². The van der Waals surface area contributed by atoms with Crippen molar-refractivity contribution in [2.24, 2.45) is 5.41 Å². The van der Waals surface area contributed by atoms with Crippen LogP contribution < -0.4 is 21.2 Å². The van der Waals surface area contributed by atoms with Gasteiger partial charge in [0.15, 0.2) is 0 Å². The van der Waals surface area contributed by atoms with E-state index in [1.165, 1.54) is 36.3 Å². The molecule has 1 aliphatic heterocycles. The molecule has 3 aliphatic rings. The minimum absolute atomic E-state index is 0. The smallest absolute Gasteiger partial charge is 0.293 e. The Morgan fingerprint density at radius 3 is 2.71 bits per heavy atom. The summed E-state index contributed by atoms with van der Waals surface area (Å²) in [5, 5.41) is 9.00. The highest BCUT2D eigenvalue weighted by Gasteiger charge is 2.62. The molecule has 0 atom stereocenters. The molecule has 0 bridgehead atoms. The number of pyridine rings is 1. The van der Waals surface area contributed by atoms with E-state index < -0.39 is 5.66 Å². The van der Waals surface area contributed by atoms with Gasteiger partial charge in [-0.2, -0.15) is 0 Å². The Balaban J connectivity index is 0.00000204. The largest absolute Gasteiger partial charge is 0.346 e. The summed E-state index contributed by atoms with van der Waals surface area (Å²) >= 11 is 6.47. The second kappa shape index (κ2) is 6.61. The number of rotatable bonds is 2. The molecule has 4 heterocycles. The van der Waals surface area contributed by atoms with Gasteiger partial charge >= 0.3 is 0 Å². The van der Waals surface area contributed by atoms with Gasteiger partial charge in [0.25, 0.3) is 11.5 Å². The van der Waals surface area contributed by atoms with E-state index in [1.807, 2.05) is 18.1 Å². The summed E-state index contributed by atoms with van der Waals surface area (Å²) in [5.41, 5.74) is 0.487. The van der Waals surface area contributed by atoms with Crippen LogP contribution in [0, 0.1) is 5.41 Å². The number of nitrogens with zero attached hydrogens (tertiary/aromatic N) is 4. The highest BCUT2D eigenvalue weighted by molar-refractivity contribution is 6.34. The Morgan fingerprint density at radius 2 is 2.00 bits per heavy atom. The fourth-order valence-electron chi connectivity index (χ4n) is 5.33. The molecule has 9 nitrogen and oxygen atoms in total. The molecule has 3 aromatic rings. The van der Waals surface area contributed by atoms with Gasteiger partial charge in [-0.3, -0.25) is 14.6 Å². The van der Waals surface area contributed by atoms with Crippen LogP contribution in [0.25, 0.3) is 11.0 Å². The average molecular weight is 462 g/mol. The maximum absolute atomic E-state index is 13.4. The number of anilines is 2. The Hall–Kier alpha value is -2.78. The molecule has 3 aromatic heterocycles. The number of H-pyrrole nitrogens is 1. The zero-order valence-electron chi connectivity index (χ0n) is 16.7. The Bertz CT molecular complexity index is 1270. The van der Waals surface area contributed by atoms with Crippen molar-refractivity contribution in [2.45, 2.75) is 37.8 Å².